The van der Waals surface area contributed by atoms with E-state index < -0.39 is 22.2 Å². The zero-order chi connectivity index (χ0) is 18.7. The van der Waals surface area contributed by atoms with Crippen molar-refractivity contribution in [3.8, 4) is 5.75 Å². The van der Waals surface area contributed by atoms with Gasteiger partial charge in [0.15, 0.2) is 0 Å². The van der Waals surface area contributed by atoms with Crippen molar-refractivity contribution in [1.29, 1.82) is 0 Å². The van der Waals surface area contributed by atoms with Gasteiger partial charge in [-0.15, -0.1) is 11.3 Å². The van der Waals surface area contributed by atoms with Gasteiger partial charge in [-0.25, -0.2) is 17.9 Å². The van der Waals surface area contributed by atoms with Crippen LogP contribution in [0.3, 0.4) is 0 Å². The summed E-state index contributed by atoms with van der Waals surface area (Å²) in [5.74, 6) is 0.688. The first-order chi connectivity index (χ1) is 12.4. The largest absolute Gasteiger partial charge is 0.497 e. The number of carbonyl (C=O) groups excluding carboxylic acids is 1. The first-order valence-electron chi connectivity index (χ1n) is 8.13. The number of rotatable bonds is 7. The summed E-state index contributed by atoms with van der Waals surface area (Å²) in [6.07, 6.45) is -0.259. The fourth-order valence-corrected chi connectivity index (χ4v) is 4.97. The summed E-state index contributed by atoms with van der Waals surface area (Å²) in [6, 6.07) is 10.4. The van der Waals surface area contributed by atoms with Crippen LogP contribution in [0.1, 0.15) is 11.8 Å². The second kappa shape index (κ2) is 7.65. The average molecular weight is 396 g/mol. The first kappa shape index (κ1) is 18.7. The molecule has 26 heavy (non-hydrogen) atoms. The summed E-state index contributed by atoms with van der Waals surface area (Å²) in [5.41, 5.74) is 0.673. The highest BCUT2D eigenvalue weighted by Gasteiger charge is 2.33. The van der Waals surface area contributed by atoms with Gasteiger partial charge in [-0.1, -0.05) is 6.92 Å². The van der Waals surface area contributed by atoms with Crippen LogP contribution in [0.15, 0.2) is 40.6 Å². The molecule has 0 spiro atoms. The summed E-state index contributed by atoms with van der Waals surface area (Å²) in [6.45, 7) is 2.28. The van der Waals surface area contributed by atoms with Crippen LogP contribution in [0.4, 0.5) is 10.5 Å². The van der Waals surface area contributed by atoms with Crippen molar-refractivity contribution in [2.45, 2.75) is 23.7 Å². The van der Waals surface area contributed by atoms with Crippen molar-refractivity contribution >= 4 is 33.1 Å². The standard InChI is InChI=1S/C17H20N2O5S2/c1-3-15-8-9-16(25-15)26(21,22)18-10-14-11-19(17(20)24-14)12-4-6-13(23-2)7-5-12/h4-9,14,18H,3,10-11H2,1-2H3/t14-/m1/s1. The van der Waals surface area contributed by atoms with E-state index in [1.54, 1.807) is 43.5 Å². The van der Waals surface area contributed by atoms with E-state index in [1.807, 2.05) is 6.92 Å². The Hall–Kier alpha value is -2.10. The number of cyclic esters (lactones) is 1. The monoisotopic (exact) mass is 396 g/mol. The van der Waals surface area contributed by atoms with Gasteiger partial charge >= 0.3 is 6.09 Å². The fraction of sp³-hybridized carbons (Fsp3) is 0.353. The van der Waals surface area contributed by atoms with E-state index in [1.165, 1.54) is 16.2 Å². The van der Waals surface area contributed by atoms with Gasteiger partial charge in [-0.2, -0.15) is 0 Å². The van der Waals surface area contributed by atoms with E-state index in [2.05, 4.69) is 4.72 Å². The van der Waals surface area contributed by atoms with Crippen LogP contribution in [0.2, 0.25) is 0 Å². The number of thiophene rings is 1. The zero-order valence-electron chi connectivity index (χ0n) is 14.5. The topological polar surface area (TPSA) is 84.9 Å². The van der Waals surface area contributed by atoms with E-state index in [4.69, 9.17) is 9.47 Å². The third kappa shape index (κ3) is 4.00. The highest BCUT2D eigenvalue weighted by Crippen LogP contribution is 2.25. The predicted octanol–water partition coefficient (Wildman–Crippen LogP) is 2.62. The molecule has 0 aliphatic carbocycles. The summed E-state index contributed by atoms with van der Waals surface area (Å²) in [7, 11) is -2.04. The van der Waals surface area contributed by atoms with Crippen molar-refractivity contribution in [2.24, 2.45) is 0 Å². The number of hydrogen-bond acceptors (Lipinski definition) is 6. The Labute approximate surface area is 156 Å². The SMILES string of the molecule is CCc1ccc(S(=O)(=O)NC[C@@H]2CN(c3ccc(OC)cc3)C(=O)O2)s1. The van der Waals surface area contributed by atoms with Gasteiger partial charge in [-0.05, 0) is 42.8 Å². The number of hydrogen-bond donors (Lipinski definition) is 1. The van der Waals surface area contributed by atoms with Gasteiger partial charge in [0.2, 0.25) is 10.0 Å². The molecular weight excluding hydrogens is 376 g/mol. The maximum Gasteiger partial charge on any atom is 0.414 e. The molecule has 140 valence electrons. The van der Waals surface area contributed by atoms with Gasteiger partial charge in [0.1, 0.15) is 16.1 Å². The Morgan fingerprint density at radius 1 is 1.27 bits per heavy atom. The van der Waals surface area contributed by atoms with E-state index in [0.29, 0.717) is 11.4 Å². The van der Waals surface area contributed by atoms with Crippen molar-refractivity contribution < 1.29 is 22.7 Å². The van der Waals surface area contributed by atoms with Crippen molar-refractivity contribution in [3.63, 3.8) is 0 Å². The van der Waals surface area contributed by atoms with E-state index in [-0.39, 0.29) is 17.3 Å². The molecule has 1 aliphatic heterocycles. The van der Waals surface area contributed by atoms with Crippen LogP contribution < -0.4 is 14.4 Å². The fourth-order valence-electron chi connectivity index (χ4n) is 2.57. The number of amides is 1. The molecule has 3 rings (SSSR count). The Morgan fingerprint density at radius 2 is 2.00 bits per heavy atom. The lowest BCUT2D eigenvalue weighted by Gasteiger charge is -2.13. The minimum atomic E-state index is -3.60. The van der Waals surface area contributed by atoms with E-state index >= 15 is 0 Å². The highest BCUT2D eigenvalue weighted by molar-refractivity contribution is 7.91. The lowest BCUT2D eigenvalue weighted by Crippen LogP contribution is -2.34. The van der Waals surface area contributed by atoms with Crippen LogP contribution in [-0.2, 0) is 21.2 Å². The predicted molar refractivity (Wildman–Crippen MR) is 99.5 cm³/mol. The third-order valence-corrected chi connectivity index (χ3v) is 7.15. The Morgan fingerprint density at radius 3 is 2.62 bits per heavy atom. The minimum Gasteiger partial charge on any atom is -0.497 e. The lowest BCUT2D eigenvalue weighted by molar-refractivity contribution is 0.143. The number of benzene rings is 1. The van der Waals surface area contributed by atoms with Crippen molar-refractivity contribution in [3.05, 3.63) is 41.3 Å². The number of nitrogens with one attached hydrogen (secondary N) is 1. The number of nitrogens with zero attached hydrogens (tertiary/aromatic N) is 1. The molecule has 0 bridgehead atoms. The van der Waals surface area contributed by atoms with Gasteiger partial charge in [0, 0.05) is 17.1 Å². The summed E-state index contributed by atoms with van der Waals surface area (Å²) >= 11 is 1.24. The molecule has 0 radical (unpaired) electrons. The molecular formula is C17H20N2O5S2. The Balaban J connectivity index is 1.61. The summed E-state index contributed by atoms with van der Waals surface area (Å²) in [4.78, 5) is 14.5. The average Bonchev–Trinajstić information content (AvgIpc) is 3.27. The second-order valence-corrected chi connectivity index (χ2v) is 8.90. The molecule has 1 aromatic carbocycles. The van der Waals surface area contributed by atoms with Crippen LogP contribution >= 0.6 is 11.3 Å². The van der Waals surface area contributed by atoms with Gasteiger partial charge < -0.3 is 9.47 Å². The van der Waals surface area contributed by atoms with Crippen molar-refractivity contribution in [1.82, 2.24) is 4.72 Å². The number of ether oxygens (including phenoxy) is 2. The molecule has 0 saturated carbocycles. The zero-order valence-corrected chi connectivity index (χ0v) is 16.1. The molecule has 7 nitrogen and oxygen atoms in total. The maximum absolute atomic E-state index is 12.4. The molecule has 9 heteroatoms. The quantitative estimate of drug-likeness (QED) is 0.778. The molecule has 1 atom stereocenters. The Bertz CT molecular complexity index is 877. The van der Waals surface area contributed by atoms with E-state index in [9.17, 15) is 13.2 Å². The highest BCUT2D eigenvalue weighted by atomic mass is 32.2. The van der Waals surface area contributed by atoms with Crippen LogP contribution in [0.25, 0.3) is 0 Å². The third-order valence-electron chi connectivity index (χ3n) is 4.01. The number of sulfonamides is 1. The van der Waals surface area contributed by atoms with Crippen LogP contribution in [-0.4, -0.2) is 40.8 Å². The minimum absolute atomic E-state index is 0.0279. The molecule has 1 N–H and O–H groups in total. The Kier molecular flexibility index (Phi) is 5.49. The molecule has 1 aliphatic rings. The molecule has 1 fully saturated rings. The molecule has 1 aromatic heterocycles. The van der Waals surface area contributed by atoms with Crippen LogP contribution in [0.5, 0.6) is 5.75 Å². The number of carbonyl (C=O) groups is 1. The first-order valence-corrected chi connectivity index (χ1v) is 10.4. The van der Waals surface area contributed by atoms with Gasteiger partial charge in [-0.3, -0.25) is 4.90 Å². The molecule has 1 amide bonds. The number of methoxy groups -OCH3 is 1. The molecule has 2 heterocycles. The normalized spacial score (nSPS) is 17.4. The molecule has 2 aromatic rings. The molecule has 0 unspecified atom stereocenters. The lowest BCUT2D eigenvalue weighted by atomic mass is 10.2. The number of anilines is 1. The second-order valence-electron chi connectivity index (χ2n) is 5.74. The smallest absolute Gasteiger partial charge is 0.414 e. The van der Waals surface area contributed by atoms with Gasteiger partial charge in [0.25, 0.3) is 0 Å². The maximum atomic E-state index is 12.4. The van der Waals surface area contributed by atoms with Crippen molar-refractivity contribution in [2.75, 3.05) is 25.1 Å². The van der Waals surface area contributed by atoms with Gasteiger partial charge in [0.05, 0.1) is 13.7 Å². The number of aryl methyl sites for hydroxylation is 1. The van der Waals surface area contributed by atoms with E-state index in [0.717, 1.165) is 11.3 Å². The summed E-state index contributed by atoms with van der Waals surface area (Å²) < 4.78 is 37.9. The summed E-state index contributed by atoms with van der Waals surface area (Å²) in [5, 5.41) is 0. The van der Waals surface area contributed by atoms with Crippen LogP contribution in [0, 0.1) is 0 Å². The molecule has 1 saturated heterocycles.